The number of rotatable bonds is 4. The van der Waals surface area contributed by atoms with Crippen LogP contribution in [-0.4, -0.2) is 45.3 Å². The maximum absolute atomic E-state index is 12.9. The number of aromatic nitrogens is 2. The second kappa shape index (κ2) is 8.04. The lowest BCUT2D eigenvalue weighted by atomic mass is 10.0. The number of hydrogen-bond donors (Lipinski definition) is 1. The predicted octanol–water partition coefficient (Wildman–Crippen LogP) is 3.18. The van der Waals surface area contributed by atoms with Gasteiger partial charge < -0.3 is 14.2 Å². The van der Waals surface area contributed by atoms with E-state index in [1.807, 2.05) is 42.1 Å². The van der Waals surface area contributed by atoms with Crippen molar-refractivity contribution in [1.29, 1.82) is 0 Å². The number of halogens is 1. The van der Waals surface area contributed by atoms with Crippen LogP contribution in [0.4, 0.5) is 0 Å². The summed E-state index contributed by atoms with van der Waals surface area (Å²) in [5, 5.41) is 2.85. The number of ether oxygens (including phenoxy) is 1. The Morgan fingerprint density at radius 1 is 1.12 bits per heavy atom. The standard InChI is InChI=1S/C24H21ClN4O4/c1-28-12-18(26-22(28)14-4-6-17(25)20(10-14)33-2)13-3-5-16-15(9-13)11-29(24(16)32)19-7-8-21(30)27-23(19)31/h3-6,9-10,12,19H,7-8,11H2,1-2H3,(H,27,30,31). The van der Waals surface area contributed by atoms with E-state index in [1.54, 1.807) is 24.1 Å². The summed E-state index contributed by atoms with van der Waals surface area (Å²) in [6.07, 6.45) is 2.49. The van der Waals surface area contributed by atoms with Gasteiger partial charge in [0.05, 0.1) is 17.8 Å². The maximum atomic E-state index is 12.9. The average Bonchev–Trinajstić information content (AvgIpc) is 3.34. The van der Waals surface area contributed by atoms with E-state index in [1.165, 1.54) is 0 Å². The largest absolute Gasteiger partial charge is 0.495 e. The summed E-state index contributed by atoms with van der Waals surface area (Å²) in [6.45, 7) is 0.322. The Labute approximate surface area is 195 Å². The van der Waals surface area contributed by atoms with Crippen LogP contribution < -0.4 is 10.1 Å². The molecule has 1 atom stereocenters. The molecule has 2 aliphatic heterocycles. The number of nitrogens with zero attached hydrogens (tertiary/aromatic N) is 3. The Bertz CT molecular complexity index is 1320. The van der Waals surface area contributed by atoms with E-state index in [-0.39, 0.29) is 18.2 Å². The molecular formula is C24H21ClN4O4. The van der Waals surface area contributed by atoms with Crippen molar-refractivity contribution < 1.29 is 19.1 Å². The van der Waals surface area contributed by atoms with Gasteiger partial charge in [0.25, 0.3) is 5.91 Å². The van der Waals surface area contributed by atoms with Crippen LogP contribution in [-0.2, 0) is 23.2 Å². The SMILES string of the molecule is COc1cc(-c2nc(-c3ccc4c(c3)CN(C3CCC(=O)NC3=O)C4=O)cn2C)ccc1Cl. The summed E-state index contributed by atoms with van der Waals surface area (Å²) in [4.78, 5) is 43.0. The van der Waals surface area contributed by atoms with Gasteiger partial charge in [-0.05, 0) is 42.3 Å². The van der Waals surface area contributed by atoms with Gasteiger partial charge in [0.1, 0.15) is 17.6 Å². The predicted molar refractivity (Wildman–Crippen MR) is 122 cm³/mol. The van der Waals surface area contributed by atoms with Crippen molar-refractivity contribution in [2.24, 2.45) is 7.05 Å². The van der Waals surface area contributed by atoms with Gasteiger partial charge >= 0.3 is 0 Å². The molecule has 9 heteroatoms. The molecule has 0 radical (unpaired) electrons. The van der Waals surface area contributed by atoms with Gasteiger partial charge in [0, 0.05) is 42.9 Å². The number of carbonyl (C=O) groups excluding carboxylic acids is 3. The van der Waals surface area contributed by atoms with Gasteiger partial charge in [-0.1, -0.05) is 17.7 Å². The molecule has 1 N–H and O–H groups in total. The highest BCUT2D eigenvalue weighted by molar-refractivity contribution is 6.32. The fraction of sp³-hybridized carbons (Fsp3) is 0.250. The van der Waals surface area contributed by atoms with Gasteiger partial charge in [-0.2, -0.15) is 0 Å². The van der Waals surface area contributed by atoms with Crippen LogP contribution in [0.1, 0.15) is 28.8 Å². The number of amides is 3. The highest BCUT2D eigenvalue weighted by Gasteiger charge is 2.39. The molecule has 0 spiro atoms. The van der Waals surface area contributed by atoms with Crippen LogP contribution >= 0.6 is 11.6 Å². The first kappa shape index (κ1) is 21.2. The van der Waals surface area contributed by atoms with Crippen LogP contribution in [0, 0.1) is 0 Å². The minimum atomic E-state index is -0.632. The zero-order chi connectivity index (χ0) is 23.3. The Balaban J connectivity index is 1.44. The molecule has 1 fully saturated rings. The van der Waals surface area contributed by atoms with E-state index < -0.39 is 11.9 Å². The molecule has 0 saturated carbocycles. The molecule has 3 amide bonds. The number of benzene rings is 2. The van der Waals surface area contributed by atoms with E-state index in [9.17, 15) is 14.4 Å². The molecule has 2 aliphatic rings. The molecular weight excluding hydrogens is 444 g/mol. The quantitative estimate of drug-likeness (QED) is 0.598. The summed E-state index contributed by atoms with van der Waals surface area (Å²) in [7, 11) is 3.48. The smallest absolute Gasteiger partial charge is 0.255 e. The van der Waals surface area contributed by atoms with Crippen molar-refractivity contribution in [3.05, 3.63) is 58.7 Å². The number of hydrogen-bond acceptors (Lipinski definition) is 5. The average molecular weight is 465 g/mol. The molecule has 5 rings (SSSR count). The van der Waals surface area contributed by atoms with Gasteiger partial charge in [-0.15, -0.1) is 0 Å². The highest BCUT2D eigenvalue weighted by Crippen LogP contribution is 2.33. The lowest BCUT2D eigenvalue weighted by Gasteiger charge is -2.29. The third kappa shape index (κ3) is 3.66. The van der Waals surface area contributed by atoms with Crippen molar-refractivity contribution >= 4 is 29.3 Å². The molecule has 1 unspecified atom stereocenters. The molecule has 33 heavy (non-hydrogen) atoms. The number of piperidine rings is 1. The molecule has 168 valence electrons. The number of aryl methyl sites for hydroxylation is 1. The van der Waals surface area contributed by atoms with E-state index in [2.05, 4.69) is 5.32 Å². The summed E-state index contributed by atoms with van der Waals surface area (Å²) < 4.78 is 7.24. The van der Waals surface area contributed by atoms with Crippen molar-refractivity contribution in [2.45, 2.75) is 25.4 Å². The Hall–Kier alpha value is -3.65. The minimum absolute atomic E-state index is 0.194. The molecule has 8 nitrogen and oxygen atoms in total. The van der Waals surface area contributed by atoms with Gasteiger partial charge in [-0.25, -0.2) is 4.98 Å². The summed E-state index contributed by atoms with van der Waals surface area (Å²) in [5.41, 5.74) is 3.90. The lowest BCUT2D eigenvalue weighted by molar-refractivity contribution is -0.136. The molecule has 3 heterocycles. The number of fused-ring (bicyclic) bond motifs is 1. The first-order valence-corrected chi connectivity index (χ1v) is 10.9. The number of methoxy groups -OCH3 is 1. The maximum Gasteiger partial charge on any atom is 0.255 e. The van der Waals surface area contributed by atoms with Crippen LogP contribution in [0.5, 0.6) is 5.75 Å². The molecule has 1 aromatic heterocycles. The molecule has 1 saturated heterocycles. The second-order valence-corrected chi connectivity index (χ2v) is 8.59. The summed E-state index contributed by atoms with van der Waals surface area (Å²) >= 11 is 6.15. The third-order valence-corrected chi connectivity index (χ3v) is 6.42. The first-order chi connectivity index (χ1) is 15.9. The summed E-state index contributed by atoms with van der Waals surface area (Å²) in [6, 6.07) is 10.4. The van der Waals surface area contributed by atoms with E-state index in [0.29, 0.717) is 29.3 Å². The Morgan fingerprint density at radius 2 is 1.91 bits per heavy atom. The van der Waals surface area contributed by atoms with Gasteiger partial charge in [0.15, 0.2) is 0 Å². The van der Waals surface area contributed by atoms with Crippen molar-refractivity contribution in [3.8, 4) is 28.4 Å². The molecule has 0 aliphatic carbocycles. The summed E-state index contributed by atoms with van der Waals surface area (Å²) in [5.74, 6) is 0.415. The van der Waals surface area contributed by atoms with E-state index in [0.717, 1.165) is 28.2 Å². The van der Waals surface area contributed by atoms with Gasteiger partial charge in [0.2, 0.25) is 11.8 Å². The second-order valence-electron chi connectivity index (χ2n) is 8.18. The Kier molecular flexibility index (Phi) is 5.17. The highest BCUT2D eigenvalue weighted by atomic mass is 35.5. The van der Waals surface area contributed by atoms with Crippen molar-refractivity contribution in [2.75, 3.05) is 7.11 Å². The first-order valence-electron chi connectivity index (χ1n) is 10.5. The number of imidazole rings is 1. The van der Waals surface area contributed by atoms with Crippen molar-refractivity contribution in [3.63, 3.8) is 0 Å². The zero-order valence-corrected chi connectivity index (χ0v) is 18.8. The number of imide groups is 1. The fourth-order valence-electron chi connectivity index (χ4n) is 4.41. The molecule has 0 bridgehead atoms. The topological polar surface area (TPSA) is 93.5 Å². The fourth-order valence-corrected chi connectivity index (χ4v) is 4.60. The van der Waals surface area contributed by atoms with E-state index >= 15 is 0 Å². The van der Waals surface area contributed by atoms with Crippen LogP contribution in [0.2, 0.25) is 5.02 Å². The Morgan fingerprint density at radius 3 is 2.67 bits per heavy atom. The monoisotopic (exact) mass is 464 g/mol. The van der Waals surface area contributed by atoms with E-state index in [4.69, 9.17) is 21.3 Å². The van der Waals surface area contributed by atoms with Gasteiger partial charge in [-0.3, -0.25) is 19.7 Å². The van der Waals surface area contributed by atoms with Crippen LogP contribution in [0.3, 0.4) is 0 Å². The number of nitrogens with one attached hydrogen (secondary N) is 1. The number of carbonyl (C=O) groups is 3. The van der Waals surface area contributed by atoms with Crippen LogP contribution in [0.15, 0.2) is 42.6 Å². The lowest BCUT2D eigenvalue weighted by Crippen LogP contribution is -2.52. The van der Waals surface area contributed by atoms with Crippen molar-refractivity contribution in [1.82, 2.24) is 19.8 Å². The molecule has 3 aromatic rings. The molecule has 2 aromatic carbocycles. The normalized spacial score (nSPS) is 17.8. The zero-order valence-electron chi connectivity index (χ0n) is 18.1. The minimum Gasteiger partial charge on any atom is -0.495 e. The van der Waals surface area contributed by atoms with Crippen LogP contribution in [0.25, 0.3) is 22.6 Å². The third-order valence-electron chi connectivity index (χ3n) is 6.10.